The molecule has 1 heterocycles. The van der Waals surface area contributed by atoms with Crippen molar-refractivity contribution in [1.29, 1.82) is 0 Å². The van der Waals surface area contributed by atoms with Gasteiger partial charge < -0.3 is 9.73 Å². The molecule has 2 N–H and O–H groups in total. The molecule has 24 heavy (non-hydrogen) atoms. The first-order valence-corrected chi connectivity index (χ1v) is 8.56. The molecule has 0 unspecified atom stereocenters. The Morgan fingerprint density at radius 1 is 0.958 bits per heavy atom. The van der Waals surface area contributed by atoms with Crippen molar-refractivity contribution < 1.29 is 9.73 Å². The van der Waals surface area contributed by atoms with E-state index in [-0.39, 0.29) is 5.63 Å². The maximum atomic E-state index is 11.8. The molecule has 0 aliphatic heterocycles. The number of quaternary nitrogens is 1. The molecule has 3 nitrogen and oxygen atoms in total. The van der Waals surface area contributed by atoms with E-state index >= 15 is 0 Å². The fourth-order valence-electron chi connectivity index (χ4n) is 2.59. The molecule has 0 fully saturated rings. The van der Waals surface area contributed by atoms with Gasteiger partial charge in [0.15, 0.2) is 0 Å². The van der Waals surface area contributed by atoms with Crippen LogP contribution < -0.4 is 10.9 Å². The summed E-state index contributed by atoms with van der Waals surface area (Å²) in [5, 5.41) is 4.81. The zero-order valence-electron chi connectivity index (χ0n) is 12.9. The quantitative estimate of drug-likeness (QED) is 0.682. The molecule has 0 radical (unpaired) electrons. The van der Waals surface area contributed by atoms with Gasteiger partial charge in [0.25, 0.3) is 0 Å². The van der Waals surface area contributed by atoms with Crippen LogP contribution in [0.4, 0.5) is 0 Å². The Bertz CT molecular complexity index is 966. The van der Waals surface area contributed by atoms with Crippen LogP contribution in [0.25, 0.3) is 11.0 Å². The van der Waals surface area contributed by atoms with Gasteiger partial charge in [-0.1, -0.05) is 40.9 Å². The van der Waals surface area contributed by atoms with E-state index in [4.69, 9.17) is 39.2 Å². The molecule has 0 bridgehead atoms. The largest absolute Gasteiger partial charge is 0.423 e. The molecule has 0 saturated heterocycles. The van der Waals surface area contributed by atoms with Crippen LogP contribution in [0.3, 0.4) is 0 Å². The Balaban J connectivity index is 1.84. The van der Waals surface area contributed by atoms with Gasteiger partial charge in [0.2, 0.25) is 0 Å². The van der Waals surface area contributed by atoms with Crippen molar-refractivity contribution in [3.05, 3.63) is 78.6 Å². The van der Waals surface area contributed by atoms with Crippen molar-refractivity contribution in [1.82, 2.24) is 0 Å². The fourth-order valence-corrected chi connectivity index (χ4v) is 3.24. The molecule has 1 aromatic heterocycles. The number of hydrogen-bond donors (Lipinski definition) is 1. The van der Waals surface area contributed by atoms with Crippen LogP contribution in [-0.2, 0) is 13.1 Å². The number of rotatable bonds is 4. The van der Waals surface area contributed by atoms with Crippen LogP contribution in [0.2, 0.25) is 15.1 Å². The van der Waals surface area contributed by atoms with E-state index in [0.29, 0.717) is 33.7 Å². The summed E-state index contributed by atoms with van der Waals surface area (Å²) in [6, 6.07) is 10.6. The van der Waals surface area contributed by atoms with Crippen molar-refractivity contribution in [2.45, 2.75) is 20.0 Å². The van der Waals surface area contributed by atoms with Gasteiger partial charge in [-0.3, -0.25) is 0 Å². The lowest BCUT2D eigenvalue weighted by Crippen LogP contribution is -2.80. The summed E-state index contributed by atoms with van der Waals surface area (Å²) in [5.74, 6) is 0. The molecule has 3 rings (SSSR count). The van der Waals surface area contributed by atoms with E-state index in [2.05, 4.69) is 5.32 Å². The van der Waals surface area contributed by atoms with Crippen LogP contribution >= 0.6 is 34.8 Å². The van der Waals surface area contributed by atoms with Gasteiger partial charge in [0, 0.05) is 32.6 Å². The highest BCUT2D eigenvalue weighted by Gasteiger charge is 2.10. The lowest BCUT2D eigenvalue weighted by Gasteiger charge is -2.08. The minimum atomic E-state index is -0.364. The van der Waals surface area contributed by atoms with Crippen LogP contribution in [0.15, 0.2) is 45.6 Å². The SMILES string of the molecule is Cc1cc2oc(=O)cc(C[NH2+]Cc3ccc(Cl)cc3Cl)c2cc1Cl. The average molecular weight is 384 g/mol. The van der Waals surface area contributed by atoms with Crippen LogP contribution in [-0.4, -0.2) is 0 Å². The molecule has 0 aliphatic carbocycles. The second-order valence-corrected chi connectivity index (χ2v) is 6.87. The molecular formula is C18H15Cl3NO2+. The number of halogens is 3. The second-order valence-electron chi connectivity index (χ2n) is 5.62. The van der Waals surface area contributed by atoms with E-state index in [0.717, 1.165) is 22.1 Å². The predicted octanol–water partition coefficient (Wildman–Crippen LogP) is 4.33. The molecule has 0 atom stereocenters. The smallest absolute Gasteiger partial charge is 0.336 e. The highest BCUT2D eigenvalue weighted by atomic mass is 35.5. The number of aryl methyl sites for hydroxylation is 1. The molecule has 0 amide bonds. The first-order valence-electron chi connectivity index (χ1n) is 7.42. The standard InChI is InChI=1S/C18H14Cl3NO2/c1-10-4-17-14(7-15(10)20)12(5-18(23)24-17)9-22-8-11-2-3-13(19)6-16(11)21/h2-7,22H,8-9H2,1H3/p+1. The Kier molecular flexibility index (Phi) is 5.16. The minimum absolute atomic E-state index is 0.364. The summed E-state index contributed by atoms with van der Waals surface area (Å²) < 4.78 is 5.27. The predicted molar refractivity (Wildman–Crippen MR) is 98.0 cm³/mol. The molecule has 3 aromatic rings. The molecule has 0 aliphatic rings. The van der Waals surface area contributed by atoms with Gasteiger partial charge >= 0.3 is 5.63 Å². The first kappa shape index (κ1) is 17.3. The zero-order valence-corrected chi connectivity index (χ0v) is 15.2. The van der Waals surface area contributed by atoms with Gasteiger partial charge in [-0.15, -0.1) is 0 Å². The van der Waals surface area contributed by atoms with Gasteiger partial charge in [0.05, 0.1) is 5.02 Å². The molecule has 0 spiro atoms. The van der Waals surface area contributed by atoms with E-state index in [1.54, 1.807) is 12.1 Å². The third-order valence-corrected chi connectivity index (χ3v) is 4.85. The van der Waals surface area contributed by atoms with Gasteiger partial charge in [-0.25, -0.2) is 4.79 Å². The van der Waals surface area contributed by atoms with Gasteiger partial charge in [-0.2, -0.15) is 0 Å². The third kappa shape index (κ3) is 3.76. The maximum absolute atomic E-state index is 11.8. The monoisotopic (exact) mass is 382 g/mol. The van der Waals surface area contributed by atoms with Crippen molar-refractivity contribution in [2.24, 2.45) is 0 Å². The average Bonchev–Trinajstić information content (AvgIpc) is 2.51. The maximum Gasteiger partial charge on any atom is 0.336 e. The number of hydrogen-bond acceptors (Lipinski definition) is 2. The Morgan fingerprint density at radius 3 is 2.46 bits per heavy atom. The van der Waals surface area contributed by atoms with E-state index < -0.39 is 0 Å². The Labute approximate surface area is 154 Å². The van der Waals surface area contributed by atoms with Gasteiger partial charge in [0.1, 0.15) is 18.7 Å². The van der Waals surface area contributed by atoms with E-state index in [1.807, 2.05) is 25.1 Å². The normalized spacial score (nSPS) is 11.2. The number of fused-ring (bicyclic) bond motifs is 1. The number of nitrogens with two attached hydrogens (primary N) is 1. The third-order valence-electron chi connectivity index (χ3n) is 3.85. The lowest BCUT2D eigenvalue weighted by atomic mass is 10.1. The van der Waals surface area contributed by atoms with Crippen molar-refractivity contribution >= 4 is 45.8 Å². The molecule has 0 saturated carbocycles. The minimum Gasteiger partial charge on any atom is -0.423 e. The number of benzene rings is 2. The summed E-state index contributed by atoms with van der Waals surface area (Å²) in [6.45, 7) is 3.17. The molecule has 124 valence electrons. The highest BCUT2D eigenvalue weighted by molar-refractivity contribution is 6.35. The summed E-state index contributed by atoms with van der Waals surface area (Å²) in [4.78, 5) is 11.8. The summed E-state index contributed by atoms with van der Waals surface area (Å²) in [6.07, 6.45) is 0. The zero-order chi connectivity index (χ0) is 17.3. The first-order chi connectivity index (χ1) is 11.4. The van der Waals surface area contributed by atoms with Crippen LogP contribution in [0.5, 0.6) is 0 Å². The van der Waals surface area contributed by atoms with Gasteiger partial charge in [-0.05, 0) is 36.8 Å². The highest BCUT2D eigenvalue weighted by Crippen LogP contribution is 2.25. The van der Waals surface area contributed by atoms with Crippen molar-refractivity contribution in [2.75, 3.05) is 0 Å². The van der Waals surface area contributed by atoms with Crippen LogP contribution in [0, 0.1) is 6.92 Å². The Morgan fingerprint density at radius 2 is 1.71 bits per heavy atom. The molecule has 6 heteroatoms. The Hall–Kier alpha value is -1.52. The van der Waals surface area contributed by atoms with Crippen molar-refractivity contribution in [3.63, 3.8) is 0 Å². The lowest BCUT2D eigenvalue weighted by molar-refractivity contribution is -0.686. The molecular weight excluding hydrogens is 369 g/mol. The topological polar surface area (TPSA) is 46.8 Å². The summed E-state index contributed by atoms with van der Waals surface area (Å²) in [5.41, 5.74) is 2.94. The summed E-state index contributed by atoms with van der Waals surface area (Å²) in [7, 11) is 0. The van der Waals surface area contributed by atoms with Crippen LogP contribution in [0.1, 0.15) is 16.7 Å². The molecule has 2 aromatic carbocycles. The summed E-state index contributed by atoms with van der Waals surface area (Å²) >= 11 is 18.3. The van der Waals surface area contributed by atoms with Crippen molar-refractivity contribution in [3.8, 4) is 0 Å². The fraction of sp³-hybridized carbons (Fsp3) is 0.167. The second kappa shape index (κ2) is 7.16. The van der Waals surface area contributed by atoms with E-state index in [1.165, 1.54) is 6.07 Å². The van der Waals surface area contributed by atoms with E-state index in [9.17, 15) is 4.79 Å².